The van der Waals surface area contributed by atoms with Crippen LogP contribution in [-0.2, 0) is 0 Å². The molecule has 4 heteroatoms. The second-order valence-corrected chi connectivity index (χ2v) is 7.65. The van der Waals surface area contributed by atoms with Gasteiger partial charge in [0.1, 0.15) is 0 Å². The zero-order valence-electron chi connectivity index (χ0n) is 18.1. The Bertz CT molecular complexity index is 1170. The van der Waals surface area contributed by atoms with E-state index in [9.17, 15) is 4.79 Å². The van der Waals surface area contributed by atoms with E-state index in [1.54, 1.807) is 0 Å². The number of hydrogen-bond acceptors (Lipinski definition) is 3. The Kier molecular flexibility index (Phi) is 6.37. The lowest BCUT2D eigenvalue weighted by molar-refractivity contribution is 0.0755. The lowest BCUT2D eigenvalue weighted by Gasteiger charge is -2.21. The van der Waals surface area contributed by atoms with Gasteiger partial charge < -0.3 is 4.90 Å². The van der Waals surface area contributed by atoms with Crippen LogP contribution in [0.3, 0.4) is 0 Å². The summed E-state index contributed by atoms with van der Waals surface area (Å²) in [6.45, 7) is 5.72. The summed E-state index contributed by atoms with van der Waals surface area (Å²) >= 11 is 0. The molecule has 156 valence electrons. The van der Waals surface area contributed by atoms with Crippen LogP contribution in [0.4, 0.5) is 0 Å². The van der Waals surface area contributed by atoms with Gasteiger partial charge in [0.05, 0.1) is 22.4 Å². The van der Waals surface area contributed by atoms with Crippen LogP contribution in [-0.4, -0.2) is 33.9 Å². The van der Waals surface area contributed by atoms with E-state index < -0.39 is 0 Å². The maximum atomic E-state index is 13.1. The molecule has 1 aromatic heterocycles. The van der Waals surface area contributed by atoms with Gasteiger partial charge in [-0.05, 0) is 31.0 Å². The lowest BCUT2D eigenvalue weighted by Crippen LogP contribution is -2.32. The fraction of sp³-hybridized carbons (Fsp3) is 0.222. The Morgan fingerprint density at radius 3 is 1.74 bits per heavy atom. The molecular formula is C27H27N3O. The Morgan fingerprint density at radius 1 is 0.710 bits per heavy atom. The van der Waals surface area contributed by atoms with Crippen molar-refractivity contribution >= 4 is 16.9 Å². The van der Waals surface area contributed by atoms with Crippen LogP contribution in [0.1, 0.15) is 37.0 Å². The molecular weight excluding hydrogens is 382 g/mol. The summed E-state index contributed by atoms with van der Waals surface area (Å²) in [5, 5.41) is 0. The predicted molar refractivity (Wildman–Crippen MR) is 127 cm³/mol. The Labute approximate surface area is 183 Å². The molecule has 4 aromatic rings. The van der Waals surface area contributed by atoms with Gasteiger partial charge in [-0.2, -0.15) is 0 Å². The van der Waals surface area contributed by atoms with Gasteiger partial charge in [0.25, 0.3) is 5.91 Å². The summed E-state index contributed by atoms with van der Waals surface area (Å²) in [6, 6.07) is 25.9. The van der Waals surface area contributed by atoms with Crippen molar-refractivity contribution in [1.29, 1.82) is 0 Å². The number of benzene rings is 3. The number of carbonyl (C=O) groups is 1. The molecule has 0 saturated carbocycles. The second-order valence-electron chi connectivity index (χ2n) is 7.65. The number of amides is 1. The average Bonchev–Trinajstić information content (AvgIpc) is 2.83. The highest BCUT2D eigenvalue weighted by atomic mass is 16.2. The Balaban J connectivity index is 1.84. The van der Waals surface area contributed by atoms with Gasteiger partial charge in [-0.3, -0.25) is 4.79 Å². The van der Waals surface area contributed by atoms with E-state index in [0.29, 0.717) is 5.56 Å². The molecule has 0 spiro atoms. The standard InChI is InChI=1S/C27H27N3O/c1-3-17-30(18-4-2)27(31)22-15-16-23-24(19-22)29-26(21-13-9-6-10-14-21)25(28-23)20-11-7-5-8-12-20/h5-16,19H,3-4,17-18H2,1-2H3. The molecule has 3 aromatic carbocycles. The van der Waals surface area contributed by atoms with Crippen LogP contribution < -0.4 is 0 Å². The second kappa shape index (κ2) is 9.52. The van der Waals surface area contributed by atoms with Gasteiger partial charge in [0.2, 0.25) is 0 Å². The molecule has 4 nitrogen and oxygen atoms in total. The van der Waals surface area contributed by atoms with E-state index in [2.05, 4.69) is 13.8 Å². The quantitative estimate of drug-likeness (QED) is 0.364. The molecule has 0 N–H and O–H groups in total. The van der Waals surface area contributed by atoms with Gasteiger partial charge in [-0.15, -0.1) is 0 Å². The van der Waals surface area contributed by atoms with Crippen molar-refractivity contribution in [1.82, 2.24) is 14.9 Å². The van der Waals surface area contributed by atoms with Crippen molar-refractivity contribution in [3.05, 3.63) is 84.4 Å². The molecule has 4 rings (SSSR count). The van der Waals surface area contributed by atoms with Gasteiger partial charge in [-0.25, -0.2) is 9.97 Å². The highest BCUT2D eigenvalue weighted by molar-refractivity contribution is 5.98. The van der Waals surface area contributed by atoms with Crippen LogP contribution in [0, 0.1) is 0 Å². The maximum Gasteiger partial charge on any atom is 0.253 e. The third kappa shape index (κ3) is 4.48. The molecule has 0 saturated heterocycles. The van der Waals surface area contributed by atoms with Crippen molar-refractivity contribution in [3.63, 3.8) is 0 Å². The van der Waals surface area contributed by atoms with Gasteiger partial charge in [-0.1, -0.05) is 74.5 Å². The molecule has 0 fully saturated rings. The average molecular weight is 410 g/mol. The normalized spacial score (nSPS) is 10.9. The van der Waals surface area contributed by atoms with Crippen molar-refractivity contribution in [2.45, 2.75) is 26.7 Å². The lowest BCUT2D eigenvalue weighted by atomic mass is 10.0. The van der Waals surface area contributed by atoms with Crippen molar-refractivity contribution in [2.75, 3.05) is 13.1 Å². The Morgan fingerprint density at radius 2 is 1.23 bits per heavy atom. The van der Waals surface area contributed by atoms with Gasteiger partial charge in [0, 0.05) is 29.8 Å². The van der Waals surface area contributed by atoms with Crippen LogP contribution in [0.5, 0.6) is 0 Å². The minimum absolute atomic E-state index is 0.0563. The van der Waals surface area contributed by atoms with E-state index in [4.69, 9.17) is 9.97 Å². The highest BCUT2D eigenvalue weighted by Crippen LogP contribution is 2.31. The van der Waals surface area contributed by atoms with Gasteiger partial charge in [0.15, 0.2) is 0 Å². The summed E-state index contributed by atoms with van der Waals surface area (Å²) in [7, 11) is 0. The first-order valence-corrected chi connectivity index (χ1v) is 10.9. The number of fused-ring (bicyclic) bond motifs is 1. The summed E-state index contributed by atoms with van der Waals surface area (Å²) in [5.74, 6) is 0.0563. The number of hydrogen-bond donors (Lipinski definition) is 0. The molecule has 31 heavy (non-hydrogen) atoms. The SMILES string of the molecule is CCCN(CCC)C(=O)c1ccc2nc(-c3ccccc3)c(-c3ccccc3)nc2c1. The van der Waals surface area contributed by atoms with Crippen LogP contribution in [0.15, 0.2) is 78.9 Å². The minimum atomic E-state index is 0.0563. The van der Waals surface area contributed by atoms with Crippen LogP contribution >= 0.6 is 0 Å². The zero-order chi connectivity index (χ0) is 21.6. The van der Waals surface area contributed by atoms with Crippen molar-refractivity contribution in [2.24, 2.45) is 0 Å². The van der Waals surface area contributed by atoms with Crippen LogP contribution in [0.25, 0.3) is 33.5 Å². The number of aromatic nitrogens is 2. The first-order chi connectivity index (χ1) is 15.2. The smallest absolute Gasteiger partial charge is 0.253 e. The van der Waals surface area contributed by atoms with Crippen molar-refractivity contribution < 1.29 is 4.79 Å². The first kappa shape index (κ1) is 20.7. The maximum absolute atomic E-state index is 13.1. The molecule has 0 aliphatic heterocycles. The van der Waals surface area contributed by atoms with E-state index in [1.165, 1.54) is 0 Å². The topological polar surface area (TPSA) is 46.1 Å². The molecule has 1 amide bonds. The molecule has 0 bridgehead atoms. The largest absolute Gasteiger partial charge is 0.339 e. The molecule has 0 unspecified atom stereocenters. The van der Waals surface area contributed by atoms with E-state index >= 15 is 0 Å². The van der Waals surface area contributed by atoms with Gasteiger partial charge >= 0.3 is 0 Å². The first-order valence-electron chi connectivity index (χ1n) is 10.9. The third-order valence-corrected chi connectivity index (χ3v) is 5.28. The third-order valence-electron chi connectivity index (χ3n) is 5.28. The number of nitrogens with zero attached hydrogens (tertiary/aromatic N) is 3. The van der Waals surface area contributed by atoms with E-state index in [0.717, 1.165) is 59.5 Å². The predicted octanol–water partition coefficient (Wildman–Crippen LogP) is 6.23. The highest BCUT2D eigenvalue weighted by Gasteiger charge is 2.17. The van der Waals surface area contributed by atoms with Crippen molar-refractivity contribution in [3.8, 4) is 22.5 Å². The number of rotatable bonds is 7. The molecule has 0 atom stereocenters. The summed E-state index contributed by atoms with van der Waals surface area (Å²) in [4.78, 5) is 24.9. The Hall–Kier alpha value is -3.53. The number of carbonyl (C=O) groups excluding carboxylic acids is 1. The molecule has 1 heterocycles. The molecule has 0 radical (unpaired) electrons. The minimum Gasteiger partial charge on any atom is -0.339 e. The fourth-order valence-electron chi connectivity index (χ4n) is 3.82. The van der Waals surface area contributed by atoms with E-state index in [1.807, 2.05) is 83.8 Å². The van der Waals surface area contributed by atoms with Crippen LogP contribution in [0.2, 0.25) is 0 Å². The van der Waals surface area contributed by atoms with E-state index in [-0.39, 0.29) is 5.91 Å². The summed E-state index contributed by atoms with van der Waals surface area (Å²) < 4.78 is 0. The molecule has 0 aliphatic rings. The molecule has 0 aliphatic carbocycles. The fourth-order valence-corrected chi connectivity index (χ4v) is 3.82. The monoisotopic (exact) mass is 409 g/mol. The summed E-state index contributed by atoms with van der Waals surface area (Å²) in [6.07, 6.45) is 1.88. The summed E-state index contributed by atoms with van der Waals surface area (Å²) in [5.41, 5.74) is 5.87. The zero-order valence-corrected chi connectivity index (χ0v) is 18.1.